The van der Waals surface area contributed by atoms with Crippen molar-refractivity contribution in [3.8, 4) is 6.07 Å². The second-order valence-electron chi connectivity index (χ2n) is 9.38. The van der Waals surface area contributed by atoms with Gasteiger partial charge in [-0.1, -0.05) is 31.5 Å². The van der Waals surface area contributed by atoms with Crippen molar-refractivity contribution >= 4 is 17.9 Å². The van der Waals surface area contributed by atoms with Gasteiger partial charge in [0, 0.05) is 6.04 Å². The lowest BCUT2D eigenvalue weighted by Crippen LogP contribution is -2.52. The van der Waals surface area contributed by atoms with Crippen molar-refractivity contribution < 1.29 is 19.1 Å². The zero-order valence-electron chi connectivity index (χ0n) is 21.1. The molecule has 0 aliphatic heterocycles. The molecule has 0 heterocycles. The number of ether oxygens (including phenoxy) is 1. The van der Waals surface area contributed by atoms with Gasteiger partial charge >= 0.3 is 6.09 Å². The lowest BCUT2D eigenvalue weighted by Gasteiger charge is -2.33. The molecule has 0 aromatic heterocycles. The molecule has 0 saturated heterocycles. The van der Waals surface area contributed by atoms with Crippen LogP contribution in [-0.2, 0) is 14.3 Å². The Balaban J connectivity index is 3.36. The van der Waals surface area contributed by atoms with Crippen molar-refractivity contribution in [2.45, 2.75) is 92.0 Å². The number of hydrogen-bond acceptors (Lipinski definition) is 5. The van der Waals surface area contributed by atoms with Crippen LogP contribution in [-0.4, -0.2) is 47.0 Å². The number of rotatable bonds is 9. The van der Waals surface area contributed by atoms with E-state index >= 15 is 0 Å². The number of benzene rings is 1. The Morgan fingerprint density at radius 1 is 1.15 bits per heavy atom. The molecule has 1 rings (SSSR count). The van der Waals surface area contributed by atoms with E-state index in [-0.39, 0.29) is 18.5 Å². The summed E-state index contributed by atoms with van der Waals surface area (Å²) in [5.41, 5.74) is 1.75. The summed E-state index contributed by atoms with van der Waals surface area (Å²) < 4.78 is 5.24. The minimum Gasteiger partial charge on any atom is -0.444 e. The van der Waals surface area contributed by atoms with Crippen molar-refractivity contribution in [3.63, 3.8) is 0 Å². The average Bonchev–Trinajstić information content (AvgIpc) is 2.68. The largest absolute Gasteiger partial charge is 0.444 e. The fourth-order valence-corrected chi connectivity index (χ4v) is 3.52. The van der Waals surface area contributed by atoms with E-state index < -0.39 is 29.7 Å². The molecule has 1 aromatic carbocycles. The van der Waals surface area contributed by atoms with Crippen LogP contribution in [0.4, 0.5) is 4.79 Å². The molecule has 182 valence electrons. The SMILES string of the molecule is CCCC(C)NC(=O)C(c1cccc(C)c1C)N(CC#N)C(=O)C(C)NC(=O)OC(C)(C)C. The standard InChI is InChI=1S/C25H38N4O4/c1-9-11-17(3)27-22(30)21(20-13-10-12-16(2)18(20)4)29(15-14-26)23(31)19(5)28-24(32)33-25(6,7)8/h10,12-13,17,19,21H,9,11,15H2,1-8H3,(H,27,30)(H,28,32). The molecule has 8 nitrogen and oxygen atoms in total. The molecule has 0 radical (unpaired) electrons. The van der Waals surface area contributed by atoms with Crippen molar-refractivity contribution in [2.75, 3.05) is 6.54 Å². The molecule has 33 heavy (non-hydrogen) atoms. The smallest absolute Gasteiger partial charge is 0.408 e. The Hall–Kier alpha value is -3.08. The lowest BCUT2D eigenvalue weighted by atomic mass is 9.95. The average molecular weight is 459 g/mol. The number of nitriles is 1. The first kappa shape index (κ1) is 28.0. The fraction of sp³-hybridized carbons (Fsp3) is 0.600. The topological polar surface area (TPSA) is 112 Å². The summed E-state index contributed by atoms with van der Waals surface area (Å²) in [6.07, 6.45) is 0.936. The van der Waals surface area contributed by atoms with Gasteiger partial charge in [-0.05, 0) is 71.6 Å². The maximum absolute atomic E-state index is 13.4. The van der Waals surface area contributed by atoms with Crippen LogP contribution in [0.3, 0.4) is 0 Å². The van der Waals surface area contributed by atoms with Gasteiger partial charge in [0.05, 0.1) is 6.07 Å². The van der Waals surface area contributed by atoms with E-state index in [1.54, 1.807) is 26.8 Å². The summed E-state index contributed by atoms with van der Waals surface area (Å²) in [4.78, 5) is 40.2. The highest BCUT2D eigenvalue weighted by Gasteiger charge is 2.36. The molecule has 0 saturated carbocycles. The zero-order chi connectivity index (χ0) is 25.3. The summed E-state index contributed by atoms with van der Waals surface area (Å²) in [5, 5.41) is 15.0. The van der Waals surface area contributed by atoms with Crippen LogP contribution in [0.5, 0.6) is 0 Å². The molecule has 3 atom stereocenters. The molecule has 2 N–H and O–H groups in total. The number of carbonyl (C=O) groups is 3. The third-order valence-electron chi connectivity index (χ3n) is 5.24. The highest BCUT2D eigenvalue weighted by molar-refractivity contribution is 5.92. The van der Waals surface area contributed by atoms with E-state index in [1.807, 2.05) is 45.9 Å². The number of hydrogen-bond donors (Lipinski definition) is 2. The van der Waals surface area contributed by atoms with E-state index in [0.717, 1.165) is 24.0 Å². The van der Waals surface area contributed by atoms with Crippen molar-refractivity contribution in [3.05, 3.63) is 34.9 Å². The van der Waals surface area contributed by atoms with Crippen molar-refractivity contribution in [1.82, 2.24) is 15.5 Å². The summed E-state index contributed by atoms with van der Waals surface area (Å²) in [6.45, 7) is 14.1. The Labute approximate surface area is 197 Å². The van der Waals surface area contributed by atoms with E-state index in [1.165, 1.54) is 11.8 Å². The minimum atomic E-state index is -1.01. The monoisotopic (exact) mass is 458 g/mol. The number of carbonyl (C=O) groups excluding carboxylic acids is 3. The van der Waals surface area contributed by atoms with Crippen LogP contribution in [0, 0.1) is 25.2 Å². The van der Waals surface area contributed by atoms with E-state index in [0.29, 0.717) is 5.56 Å². The Morgan fingerprint density at radius 2 is 1.79 bits per heavy atom. The predicted octanol–water partition coefficient (Wildman–Crippen LogP) is 3.91. The first-order valence-electron chi connectivity index (χ1n) is 11.4. The van der Waals surface area contributed by atoms with E-state index in [9.17, 15) is 19.6 Å². The number of amides is 3. The maximum Gasteiger partial charge on any atom is 0.408 e. The number of aryl methyl sites for hydroxylation is 1. The first-order chi connectivity index (χ1) is 15.3. The summed E-state index contributed by atoms with van der Waals surface area (Å²) in [5.74, 6) is -0.913. The second-order valence-corrected chi connectivity index (χ2v) is 9.38. The molecule has 3 amide bonds. The quantitative estimate of drug-likeness (QED) is 0.545. The van der Waals surface area contributed by atoms with Crippen LogP contribution < -0.4 is 10.6 Å². The van der Waals surface area contributed by atoms with Gasteiger partial charge in [0.25, 0.3) is 0 Å². The van der Waals surface area contributed by atoms with Crippen molar-refractivity contribution in [2.24, 2.45) is 0 Å². The van der Waals surface area contributed by atoms with Gasteiger partial charge in [0.2, 0.25) is 11.8 Å². The summed E-state index contributed by atoms with van der Waals surface area (Å²) >= 11 is 0. The molecule has 0 aliphatic rings. The Morgan fingerprint density at radius 3 is 2.33 bits per heavy atom. The maximum atomic E-state index is 13.4. The summed E-state index contributed by atoms with van der Waals surface area (Å²) in [7, 11) is 0. The van der Waals surface area contributed by atoms with E-state index in [4.69, 9.17) is 4.74 Å². The molecular weight excluding hydrogens is 420 g/mol. The molecule has 3 unspecified atom stereocenters. The number of nitrogens with one attached hydrogen (secondary N) is 2. The van der Waals surface area contributed by atoms with Gasteiger partial charge in [0.15, 0.2) is 0 Å². The fourth-order valence-electron chi connectivity index (χ4n) is 3.52. The van der Waals surface area contributed by atoms with Gasteiger partial charge in [-0.3, -0.25) is 9.59 Å². The molecule has 0 spiro atoms. The molecule has 0 fully saturated rings. The van der Waals surface area contributed by atoms with Gasteiger partial charge in [0.1, 0.15) is 24.2 Å². The lowest BCUT2D eigenvalue weighted by molar-refractivity contribution is -0.141. The zero-order valence-corrected chi connectivity index (χ0v) is 21.1. The Kier molecular flexibility index (Phi) is 10.4. The number of nitrogens with zero attached hydrogens (tertiary/aromatic N) is 2. The van der Waals surface area contributed by atoms with Gasteiger partial charge in [-0.25, -0.2) is 4.79 Å². The number of alkyl carbamates (subject to hydrolysis) is 1. The van der Waals surface area contributed by atoms with Gasteiger partial charge in [-0.15, -0.1) is 0 Å². The molecular formula is C25H38N4O4. The van der Waals surface area contributed by atoms with E-state index in [2.05, 4.69) is 10.6 Å². The minimum absolute atomic E-state index is 0.0912. The van der Waals surface area contributed by atoms with Crippen molar-refractivity contribution in [1.29, 1.82) is 5.26 Å². The van der Waals surface area contributed by atoms with Crippen LogP contribution in [0.2, 0.25) is 0 Å². The molecule has 0 bridgehead atoms. The highest BCUT2D eigenvalue weighted by atomic mass is 16.6. The van der Waals surface area contributed by atoms with Crippen LogP contribution in [0.25, 0.3) is 0 Å². The predicted molar refractivity (Wildman–Crippen MR) is 127 cm³/mol. The third kappa shape index (κ3) is 8.41. The normalized spacial score (nSPS) is 13.8. The molecule has 8 heteroatoms. The first-order valence-corrected chi connectivity index (χ1v) is 11.4. The van der Waals surface area contributed by atoms with Crippen LogP contribution in [0.15, 0.2) is 18.2 Å². The van der Waals surface area contributed by atoms with Crippen LogP contribution >= 0.6 is 0 Å². The molecule has 0 aliphatic carbocycles. The third-order valence-corrected chi connectivity index (χ3v) is 5.24. The van der Waals surface area contributed by atoms with Gasteiger partial charge in [-0.2, -0.15) is 5.26 Å². The second kappa shape index (κ2) is 12.2. The highest BCUT2D eigenvalue weighted by Crippen LogP contribution is 2.27. The van der Waals surface area contributed by atoms with Gasteiger partial charge < -0.3 is 20.3 Å². The summed E-state index contributed by atoms with van der Waals surface area (Å²) in [6, 6.07) is 5.43. The Bertz CT molecular complexity index is 885. The molecule has 1 aromatic rings. The van der Waals surface area contributed by atoms with Crippen LogP contribution in [0.1, 0.15) is 77.1 Å².